The van der Waals surface area contributed by atoms with Crippen LogP contribution in [0.4, 0.5) is 16.2 Å². The highest BCUT2D eigenvalue weighted by Gasteiger charge is 2.22. The Morgan fingerprint density at radius 2 is 1.41 bits per heavy atom. The zero-order valence-corrected chi connectivity index (χ0v) is 23.6. The van der Waals surface area contributed by atoms with E-state index in [0.717, 1.165) is 16.8 Å². The number of nitrogens with one attached hydrogen (secondary N) is 4. The van der Waals surface area contributed by atoms with Crippen molar-refractivity contribution in [3.8, 4) is 0 Å². The predicted octanol–water partition coefficient (Wildman–Crippen LogP) is 5.43. The first kappa shape index (κ1) is 30.9. The molecule has 4 amide bonds. The highest BCUT2D eigenvalue weighted by atomic mass is 16.4. The molecule has 0 saturated carbocycles. The Labute approximate surface area is 240 Å². The van der Waals surface area contributed by atoms with E-state index in [9.17, 15) is 24.3 Å². The van der Waals surface area contributed by atoms with Crippen molar-refractivity contribution in [2.45, 2.75) is 58.5 Å². The van der Waals surface area contributed by atoms with E-state index >= 15 is 0 Å². The van der Waals surface area contributed by atoms with E-state index in [-0.39, 0.29) is 43.0 Å². The van der Waals surface area contributed by atoms with E-state index in [2.05, 4.69) is 21.3 Å². The third-order valence-corrected chi connectivity index (χ3v) is 6.44. The number of para-hydroxylation sites is 1. The van der Waals surface area contributed by atoms with Crippen LogP contribution in [0.25, 0.3) is 0 Å². The van der Waals surface area contributed by atoms with Crippen LogP contribution in [0.5, 0.6) is 0 Å². The number of amides is 4. The quantitative estimate of drug-likeness (QED) is 0.190. The van der Waals surface area contributed by atoms with Gasteiger partial charge in [-0.1, -0.05) is 74.5 Å². The summed E-state index contributed by atoms with van der Waals surface area (Å²) >= 11 is 0. The molecule has 5 N–H and O–H groups in total. The molecule has 9 heteroatoms. The maximum atomic E-state index is 12.9. The normalized spacial score (nSPS) is 12.2. The third kappa shape index (κ3) is 10.8. The lowest BCUT2D eigenvalue weighted by atomic mass is 9.99. The molecule has 0 unspecified atom stereocenters. The molecular formula is C32H38N4O5. The Kier molecular flexibility index (Phi) is 11.5. The fraction of sp³-hybridized carbons (Fsp3) is 0.312. The standard InChI is InChI=1S/C32H38N4O5/c1-21(2)17-26(19-30(38)35-28(20-31(39)40)24-10-5-4-6-11-24)33-29(37)18-23-13-15-25(16-14-23)34-32(41)36-27-12-8-7-9-22(27)3/h4-16,21,26,28H,17-20H2,1-3H3,(H,33,37)(H,35,38)(H,39,40)(H2,34,36,41)/t26-,28-/m0/s1. The van der Waals surface area contributed by atoms with E-state index in [1.54, 1.807) is 48.5 Å². The van der Waals surface area contributed by atoms with Crippen molar-refractivity contribution in [1.29, 1.82) is 0 Å². The van der Waals surface area contributed by atoms with Gasteiger partial charge in [-0.2, -0.15) is 0 Å². The Morgan fingerprint density at radius 1 is 0.756 bits per heavy atom. The molecule has 0 fully saturated rings. The Morgan fingerprint density at radius 3 is 2.05 bits per heavy atom. The second-order valence-electron chi connectivity index (χ2n) is 10.5. The first-order valence-corrected chi connectivity index (χ1v) is 13.7. The lowest BCUT2D eigenvalue weighted by molar-refractivity contribution is -0.137. The van der Waals surface area contributed by atoms with Crippen molar-refractivity contribution in [2.75, 3.05) is 10.6 Å². The van der Waals surface area contributed by atoms with Crippen LogP contribution >= 0.6 is 0 Å². The number of aryl methyl sites for hydroxylation is 1. The first-order chi connectivity index (χ1) is 19.6. The number of benzene rings is 3. The molecule has 0 aliphatic carbocycles. The van der Waals surface area contributed by atoms with Crippen LogP contribution in [0.2, 0.25) is 0 Å². The molecule has 0 radical (unpaired) electrons. The highest BCUT2D eigenvalue weighted by molar-refractivity contribution is 6.00. The number of carboxylic acids is 1. The number of carboxylic acid groups (broad SMARTS) is 1. The number of hydrogen-bond acceptors (Lipinski definition) is 4. The summed E-state index contributed by atoms with van der Waals surface area (Å²) in [5, 5.41) is 20.7. The second kappa shape index (κ2) is 15.2. The SMILES string of the molecule is Cc1ccccc1NC(=O)Nc1ccc(CC(=O)N[C@H](CC(=O)N[C@@H](CC(=O)O)c2ccccc2)CC(C)C)cc1. The van der Waals surface area contributed by atoms with Gasteiger partial charge < -0.3 is 26.4 Å². The van der Waals surface area contributed by atoms with Crippen molar-refractivity contribution in [1.82, 2.24) is 10.6 Å². The second-order valence-corrected chi connectivity index (χ2v) is 10.5. The van der Waals surface area contributed by atoms with Gasteiger partial charge in [-0.25, -0.2) is 4.79 Å². The number of urea groups is 1. The van der Waals surface area contributed by atoms with E-state index in [1.807, 2.05) is 51.1 Å². The molecule has 9 nitrogen and oxygen atoms in total. The summed E-state index contributed by atoms with van der Waals surface area (Å²) in [7, 11) is 0. The van der Waals surface area contributed by atoms with Gasteiger partial charge in [0.2, 0.25) is 11.8 Å². The molecule has 3 rings (SSSR count). The summed E-state index contributed by atoms with van der Waals surface area (Å²) in [6.07, 6.45) is 0.492. The predicted molar refractivity (Wildman–Crippen MR) is 160 cm³/mol. The van der Waals surface area contributed by atoms with Gasteiger partial charge in [0.25, 0.3) is 0 Å². The van der Waals surface area contributed by atoms with E-state index in [4.69, 9.17) is 0 Å². The van der Waals surface area contributed by atoms with Crippen molar-refractivity contribution in [3.05, 3.63) is 95.6 Å². The summed E-state index contributed by atoms with van der Waals surface area (Å²) in [6.45, 7) is 5.93. The minimum absolute atomic E-state index is 0.0335. The minimum Gasteiger partial charge on any atom is -0.481 e. The molecule has 3 aromatic carbocycles. The molecule has 0 saturated heterocycles. The number of hydrogen-bond donors (Lipinski definition) is 5. The first-order valence-electron chi connectivity index (χ1n) is 13.7. The average molecular weight is 559 g/mol. The summed E-state index contributed by atoms with van der Waals surface area (Å²) in [4.78, 5) is 49.5. The van der Waals surface area contributed by atoms with Crippen molar-refractivity contribution in [3.63, 3.8) is 0 Å². The van der Waals surface area contributed by atoms with Gasteiger partial charge in [0.05, 0.1) is 18.9 Å². The van der Waals surface area contributed by atoms with Gasteiger partial charge in [-0.05, 0) is 54.2 Å². The zero-order valence-electron chi connectivity index (χ0n) is 23.6. The Bertz CT molecular complexity index is 1330. The largest absolute Gasteiger partial charge is 0.481 e. The zero-order chi connectivity index (χ0) is 29.8. The minimum atomic E-state index is -1.01. The number of aliphatic carboxylic acids is 1. The topological polar surface area (TPSA) is 137 Å². The summed E-state index contributed by atoms with van der Waals surface area (Å²) in [5.41, 5.74) is 3.72. The molecule has 0 spiro atoms. The van der Waals surface area contributed by atoms with Crippen LogP contribution in [0.3, 0.4) is 0 Å². The molecule has 0 heterocycles. The van der Waals surface area contributed by atoms with Gasteiger partial charge in [0.1, 0.15) is 0 Å². The van der Waals surface area contributed by atoms with Gasteiger partial charge in [0.15, 0.2) is 0 Å². The maximum Gasteiger partial charge on any atom is 0.323 e. The number of carbonyl (C=O) groups is 4. The molecule has 3 aromatic rings. The van der Waals surface area contributed by atoms with E-state index in [1.165, 1.54) is 0 Å². The van der Waals surface area contributed by atoms with Crippen LogP contribution in [0.1, 0.15) is 55.8 Å². The number of rotatable bonds is 13. The number of anilines is 2. The molecule has 0 aliphatic rings. The summed E-state index contributed by atoms with van der Waals surface area (Å²) in [6, 6.07) is 22.0. The van der Waals surface area contributed by atoms with Crippen LogP contribution in [-0.2, 0) is 20.8 Å². The van der Waals surface area contributed by atoms with E-state index in [0.29, 0.717) is 17.7 Å². The summed E-state index contributed by atoms with van der Waals surface area (Å²) in [5.74, 6) is -1.34. The third-order valence-electron chi connectivity index (χ3n) is 6.44. The van der Waals surface area contributed by atoms with Crippen molar-refractivity contribution >= 4 is 35.2 Å². The van der Waals surface area contributed by atoms with Crippen molar-refractivity contribution in [2.24, 2.45) is 5.92 Å². The number of carbonyl (C=O) groups excluding carboxylic acids is 3. The fourth-order valence-corrected chi connectivity index (χ4v) is 4.52. The lowest BCUT2D eigenvalue weighted by Crippen LogP contribution is -2.41. The van der Waals surface area contributed by atoms with Gasteiger partial charge in [0, 0.05) is 23.8 Å². The monoisotopic (exact) mass is 558 g/mol. The smallest absolute Gasteiger partial charge is 0.323 e. The summed E-state index contributed by atoms with van der Waals surface area (Å²) < 4.78 is 0. The van der Waals surface area contributed by atoms with Gasteiger partial charge >= 0.3 is 12.0 Å². The van der Waals surface area contributed by atoms with Gasteiger partial charge in [-0.15, -0.1) is 0 Å². The Balaban J connectivity index is 1.55. The molecule has 216 valence electrons. The molecule has 0 bridgehead atoms. The lowest BCUT2D eigenvalue weighted by Gasteiger charge is -2.23. The average Bonchev–Trinajstić information content (AvgIpc) is 2.90. The molecular weight excluding hydrogens is 520 g/mol. The van der Waals surface area contributed by atoms with Crippen molar-refractivity contribution < 1.29 is 24.3 Å². The van der Waals surface area contributed by atoms with Crippen LogP contribution in [0.15, 0.2) is 78.9 Å². The van der Waals surface area contributed by atoms with Crippen LogP contribution < -0.4 is 21.3 Å². The molecule has 41 heavy (non-hydrogen) atoms. The Hall–Kier alpha value is -4.66. The molecule has 2 atom stereocenters. The van der Waals surface area contributed by atoms with Crippen LogP contribution in [-0.4, -0.2) is 35.0 Å². The fourth-order valence-electron chi connectivity index (χ4n) is 4.52. The molecule has 0 aliphatic heterocycles. The van der Waals surface area contributed by atoms with Crippen LogP contribution in [0, 0.1) is 12.8 Å². The highest BCUT2D eigenvalue weighted by Crippen LogP contribution is 2.18. The van der Waals surface area contributed by atoms with Gasteiger partial charge in [-0.3, -0.25) is 14.4 Å². The molecule has 0 aromatic heterocycles. The van der Waals surface area contributed by atoms with E-state index < -0.39 is 18.1 Å². The maximum absolute atomic E-state index is 12.9.